The molecule has 0 fully saturated rings. The summed E-state index contributed by atoms with van der Waals surface area (Å²) >= 11 is 0. The van der Waals surface area contributed by atoms with E-state index in [-0.39, 0.29) is 28.9 Å². The van der Waals surface area contributed by atoms with Crippen LogP contribution in [-0.4, -0.2) is 34.9 Å². The number of benzene rings is 1. The van der Waals surface area contributed by atoms with Crippen LogP contribution in [0, 0.1) is 0 Å². The van der Waals surface area contributed by atoms with Gasteiger partial charge in [0.1, 0.15) is 17.2 Å². The predicted octanol–water partition coefficient (Wildman–Crippen LogP) is 2.16. The molecule has 8 nitrogen and oxygen atoms in total. The second-order valence-corrected chi connectivity index (χ2v) is 7.85. The van der Waals surface area contributed by atoms with Crippen LogP contribution in [0.5, 0.6) is 0 Å². The number of rotatable bonds is 1. The van der Waals surface area contributed by atoms with Gasteiger partial charge in [0.05, 0.1) is 16.8 Å². The lowest BCUT2D eigenvalue weighted by Gasteiger charge is -2.33. The molecule has 29 heavy (non-hydrogen) atoms. The van der Waals surface area contributed by atoms with E-state index in [9.17, 15) is 14.4 Å². The zero-order valence-electron chi connectivity index (χ0n) is 16.3. The van der Waals surface area contributed by atoms with Crippen molar-refractivity contribution in [1.29, 1.82) is 0 Å². The maximum Gasteiger partial charge on any atom is 0.262 e. The molecule has 1 aromatic carbocycles. The molecular weight excluding hydrogens is 372 g/mol. The first-order valence-electron chi connectivity index (χ1n) is 9.46. The van der Waals surface area contributed by atoms with Gasteiger partial charge in [0.2, 0.25) is 0 Å². The Morgan fingerprint density at radius 1 is 1.14 bits per heavy atom. The van der Waals surface area contributed by atoms with Crippen molar-refractivity contribution >= 4 is 28.6 Å². The number of carbonyl (C=O) groups is 2. The van der Waals surface area contributed by atoms with Gasteiger partial charge in [0.15, 0.2) is 0 Å². The lowest BCUT2D eigenvalue weighted by molar-refractivity contribution is 0.0880. The highest BCUT2D eigenvalue weighted by Crippen LogP contribution is 2.42. The topological polar surface area (TPSA) is 111 Å². The van der Waals surface area contributed by atoms with E-state index in [1.54, 1.807) is 6.07 Å². The summed E-state index contributed by atoms with van der Waals surface area (Å²) in [6.07, 6.45) is 0. The predicted molar refractivity (Wildman–Crippen MR) is 107 cm³/mol. The van der Waals surface area contributed by atoms with Crippen molar-refractivity contribution < 1.29 is 14.0 Å². The first-order chi connectivity index (χ1) is 13.8. The largest absolute Gasteiger partial charge is 0.460 e. The number of aromatic nitrogens is 1. The lowest BCUT2D eigenvalue weighted by Crippen LogP contribution is -2.31. The average Bonchev–Trinajstić information content (AvgIpc) is 3.17. The number of carbonyl (C=O) groups excluding carboxylic acids is 2. The van der Waals surface area contributed by atoms with Gasteiger partial charge in [0.25, 0.3) is 17.4 Å². The van der Waals surface area contributed by atoms with Crippen LogP contribution in [0.3, 0.4) is 0 Å². The molecule has 4 heterocycles. The quantitative estimate of drug-likeness (QED) is 0.614. The van der Waals surface area contributed by atoms with Crippen LogP contribution in [0.2, 0.25) is 0 Å². The molecular formula is C21H20N4O4. The van der Waals surface area contributed by atoms with E-state index in [0.717, 1.165) is 34.9 Å². The molecule has 5 rings (SSSR count). The second kappa shape index (κ2) is 5.81. The Kier molecular flexibility index (Phi) is 3.54. The van der Waals surface area contributed by atoms with Crippen LogP contribution < -0.4 is 16.6 Å². The van der Waals surface area contributed by atoms with Crippen LogP contribution in [0.15, 0.2) is 33.5 Å². The van der Waals surface area contributed by atoms with Gasteiger partial charge in [-0.05, 0) is 32.2 Å². The minimum absolute atomic E-state index is 0.0135. The number of furan rings is 1. The Labute approximate surface area is 165 Å². The fourth-order valence-electron chi connectivity index (χ4n) is 4.50. The Balaban J connectivity index is 1.76. The summed E-state index contributed by atoms with van der Waals surface area (Å²) in [5.41, 5.74) is 8.11. The molecule has 2 aliphatic rings. The van der Waals surface area contributed by atoms with Gasteiger partial charge in [-0.25, -0.2) is 0 Å². The first kappa shape index (κ1) is 17.7. The number of amides is 2. The summed E-state index contributed by atoms with van der Waals surface area (Å²) in [4.78, 5) is 39.0. The molecule has 2 atom stereocenters. The molecule has 0 radical (unpaired) electrons. The van der Waals surface area contributed by atoms with Gasteiger partial charge < -0.3 is 10.2 Å². The highest BCUT2D eigenvalue weighted by Gasteiger charge is 2.33. The van der Waals surface area contributed by atoms with Crippen molar-refractivity contribution in [2.24, 2.45) is 0 Å². The van der Waals surface area contributed by atoms with Gasteiger partial charge in [-0.3, -0.25) is 29.2 Å². The molecule has 2 aromatic heterocycles. The maximum atomic E-state index is 12.7. The van der Waals surface area contributed by atoms with Crippen molar-refractivity contribution in [2.45, 2.75) is 25.8 Å². The number of likely N-dealkylation sites (N-methyl/N-ethyl adjacent to an activating group) is 1. The molecule has 3 aromatic rings. The van der Waals surface area contributed by atoms with Crippen LogP contribution in [0.25, 0.3) is 16.7 Å². The number of nitrogens with zero attached hydrogens (tertiary/aromatic N) is 2. The number of fused-ring (bicyclic) bond motifs is 4. The first-order valence-corrected chi connectivity index (χ1v) is 9.46. The fraction of sp³-hybridized carbons (Fsp3) is 0.286. The summed E-state index contributed by atoms with van der Waals surface area (Å²) in [5, 5.41) is 3.09. The Morgan fingerprint density at radius 3 is 2.66 bits per heavy atom. The van der Waals surface area contributed by atoms with Crippen LogP contribution in [0.1, 0.15) is 57.8 Å². The van der Waals surface area contributed by atoms with Crippen molar-refractivity contribution in [3.05, 3.63) is 57.1 Å². The van der Waals surface area contributed by atoms with Crippen molar-refractivity contribution in [3.63, 3.8) is 0 Å². The molecule has 0 saturated heterocycles. The number of nitrogen functional groups attached to an aromatic ring is 1. The Bertz CT molecular complexity index is 1290. The summed E-state index contributed by atoms with van der Waals surface area (Å²) < 4.78 is 7.38. The molecule has 0 saturated carbocycles. The number of nitrogens with two attached hydrogens (primary N) is 1. The normalized spacial score (nSPS) is 21.3. The number of pyridine rings is 1. The SMILES string of the molecule is CC1CN(C)C(C)c2c1oc1ccc(-n3c(N)c4c(cc3=O)C(=O)NC4=O)cc21. The zero-order chi connectivity index (χ0) is 20.6. The third-order valence-electron chi connectivity index (χ3n) is 6.04. The number of hydrogen-bond acceptors (Lipinski definition) is 6. The number of imide groups is 1. The highest BCUT2D eigenvalue weighted by atomic mass is 16.3. The van der Waals surface area contributed by atoms with Crippen molar-refractivity contribution in [2.75, 3.05) is 19.3 Å². The summed E-state index contributed by atoms with van der Waals surface area (Å²) in [6.45, 7) is 5.16. The summed E-state index contributed by atoms with van der Waals surface area (Å²) in [6, 6.07) is 6.72. The van der Waals surface area contributed by atoms with E-state index in [1.165, 1.54) is 4.57 Å². The van der Waals surface area contributed by atoms with E-state index in [4.69, 9.17) is 10.2 Å². The van der Waals surface area contributed by atoms with Gasteiger partial charge in [-0.1, -0.05) is 6.92 Å². The smallest absolute Gasteiger partial charge is 0.262 e. The Hall–Kier alpha value is -3.39. The third-order valence-corrected chi connectivity index (χ3v) is 6.04. The standard InChI is InChI=1S/C21H20N4O4/c1-9-8-24(3)10(2)16-12-6-11(4-5-14(12)29-18(9)16)25-15(26)7-13-17(19(25)22)21(28)23-20(13)27/h4-7,9-10H,8,22H2,1-3H3,(H,23,27,28). The van der Waals surface area contributed by atoms with Crippen LogP contribution in [-0.2, 0) is 0 Å². The Morgan fingerprint density at radius 2 is 1.90 bits per heavy atom. The number of nitrogens with one attached hydrogen (secondary N) is 1. The monoisotopic (exact) mass is 392 g/mol. The molecule has 2 unspecified atom stereocenters. The van der Waals surface area contributed by atoms with Crippen LogP contribution in [0.4, 0.5) is 5.82 Å². The van der Waals surface area contributed by atoms with E-state index >= 15 is 0 Å². The van der Waals surface area contributed by atoms with E-state index < -0.39 is 17.4 Å². The number of hydrogen-bond donors (Lipinski definition) is 2. The van der Waals surface area contributed by atoms with Crippen molar-refractivity contribution in [3.8, 4) is 5.69 Å². The minimum Gasteiger partial charge on any atom is -0.460 e. The van der Waals surface area contributed by atoms with Crippen LogP contribution >= 0.6 is 0 Å². The molecule has 0 aliphatic carbocycles. The molecule has 2 aliphatic heterocycles. The minimum atomic E-state index is -0.605. The molecule has 0 bridgehead atoms. The molecule has 0 spiro atoms. The molecule has 3 N–H and O–H groups in total. The van der Waals surface area contributed by atoms with Gasteiger partial charge >= 0.3 is 0 Å². The van der Waals surface area contributed by atoms with Gasteiger partial charge in [0, 0.05) is 35.5 Å². The van der Waals surface area contributed by atoms with Gasteiger partial charge in [-0.15, -0.1) is 0 Å². The lowest BCUT2D eigenvalue weighted by atomic mass is 9.92. The van der Waals surface area contributed by atoms with E-state index in [0.29, 0.717) is 5.69 Å². The second-order valence-electron chi connectivity index (χ2n) is 7.85. The molecule has 8 heteroatoms. The summed E-state index contributed by atoms with van der Waals surface area (Å²) in [5.74, 6) is -0.0362. The van der Waals surface area contributed by atoms with Gasteiger partial charge in [-0.2, -0.15) is 0 Å². The third kappa shape index (κ3) is 2.32. The molecule has 148 valence electrons. The van der Waals surface area contributed by atoms with E-state index in [2.05, 4.69) is 31.1 Å². The maximum absolute atomic E-state index is 12.7. The fourth-order valence-corrected chi connectivity index (χ4v) is 4.50. The highest BCUT2D eigenvalue weighted by molar-refractivity contribution is 6.23. The zero-order valence-corrected chi connectivity index (χ0v) is 16.3. The average molecular weight is 392 g/mol. The summed E-state index contributed by atoms with van der Waals surface area (Å²) in [7, 11) is 2.07. The number of anilines is 1. The van der Waals surface area contributed by atoms with Crippen molar-refractivity contribution in [1.82, 2.24) is 14.8 Å². The van der Waals surface area contributed by atoms with E-state index in [1.807, 2.05) is 12.1 Å². The molecule has 2 amide bonds.